The third-order valence-corrected chi connectivity index (χ3v) is 5.18. The lowest BCUT2D eigenvalue weighted by Crippen LogP contribution is -2.16. The zero-order valence-corrected chi connectivity index (χ0v) is 17.4. The minimum absolute atomic E-state index is 0.0898. The lowest BCUT2D eigenvalue weighted by atomic mass is 10.3. The van der Waals surface area contributed by atoms with Gasteiger partial charge in [0.2, 0.25) is 5.91 Å². The number of nitrogens with one attached hydrogen (secondary N) is 1. The number of rotatable bonds is 8. The number of para-hydroxylation sites is 1. The molecule has 10 heteroatoms. The van der Waals surface area contributed by atoms with Gasteiger partial charge >= 0.3 is 0 Å². The smallest absolute Gasteiger partial charge is 0.235 e. The van der Waals surface area contributed by atoms with E-state index in [1.54, 1.807) is 43.0 Å². The first kappa shape index (κ1) is 21.6. The van der Waals surface area contributed by atoms with Crippen LogP contribution in [0, 0.1) is 11.6 Å². The van der Waals surface area contributed by atoms with Crippen LogP contribution in [0.3, 0.4) is 0 Å². The average molecular weight is 434 g/mol. The summed E-state index contributed by atoms with van der Waals surface area (Å²) in [4.78, 5) is 12.1. The molecule has 1 amide bonds. The molecule has 0 aliphatic rings. The SMILES string of the molecule is COc1ccc(OC(C)c2nnc(SCC(=O)Nc3c(F)cccc3F)n2C)cc1. The Morgan fingerprint density at radius 2 is 1.77 bits per heavy atom. The van der Waals surface area contributed by atoms with E-state index < -0.39 is 29.3 Å². The van der Waals surface area contributed by atoms with Crippen molar-refractivity contribution >= 4 is 23.4 Å². The van der Waals surface area contributed by atoms with Crippen molar-refractivity contribution in [2.24, 2.45) is 7.05 Å². The van der Waals surface area contributed by atoms with Crippen LogP contribution in [0.5, 0.6) is 11.5 Å². The number of amides is 1. The number of aromatic nitrogens is 3. The predicted molar refractivity (Wildman–Crippen MR) is 109 cm³/mol. The standard InChI is InChI=1S/C20H20F2N4O3S/c1-12(29-14-9-7-13(28-3)8-10-14)19-24-25-20(26(19)2)30-11-17(27)23-18-15(21)5-4-6-16(18)22/h4-10,12H,11H2,1-3H3,(H,23,27). The first-order valence-electron chi connectivity index (χ1n) is 8.95. The lowest BCUT2D eigenvalue weighted by molar-refractivity contribution is -0.113. The van der Waals surface area contributed by atoms with Crippen LogP contribution in [0.25, 0.3) is 0 Å². The quantitative estimate of drug-likeness (QED) is 0.541. The highest BCUT2D eigenvalue weighted by atomic mass is 32.2. The number of carbonyl (C=O) groups is 1. The lowest BCUT2D eigenvalue weighted by Gasteiger charge is -2.14. The summed E-state index contributed by atoms with van der Waals surface area (Å²) in [6.07, 6.45) is -0.397. The number of hydrogen-bond donors (Lipinski definition) is 1. The summed E-state index contributed by atoms with van der Waals surface area (Å²) < 4.78 is 40.0. The molecule has 7 nitrogen and oxygen atoms in total. The summed E-state index contributed by atoms with van der Waals surface area (Å²) in [5, 5.41) is 10.9. The summed E-state index contributed by atoms with van der Waals surface area (Å²) in [5.74, 6) is -0.386. The van der Waals surface area contributed by atoms with Gasteiger partial charge in [-0.25, -0.2) is 8.78 Å². The van der Waals surface area contributed by atoms with Gasteiger partial charge in [-0.3, -0.25) is 4.79 Å². The number of nitrogens with zero attached hydrogens (tertiary/aromatic N) is 3. The molecule has 1 heterocycles. The van der Waals surface area contributed by atoms with Gasteiger partial charge in [0.05, 0.1) is 12.9 Å². The van der Waals surface area contributed by atoms with Crippen LogP contribution in [0.4, 0.5) is 14.5 Å². The molecule has 1 N–H and O–H groups in total. The van der Waals surface area contributed by atoms with E-state index in [0.29, 0.717) is 16.7 Å². The second-order valence-corrected chi connectivity index (χ2v) is 7.21. The van der Waals surface area contributed by atoms with Gasteiger partial charge in [-0.2, -0.15) is 0 Å². The summed E-state index contributed by atoms with van der Waals surface area (Å²) in [5.41, 5.74) is -0.469. The van der Waals surface area contributed by atoms with E-state index in [1.165, 1.54) is 6.07 Å². The highest BCUT2D eigenvalue weighted by Crippen LogP contribution is 2.25. The van der Waals surface area contributed by atoms with Crippen molar-refractivity contribution in [3.05, 3.63) is 59.9 Å². The van der Waals surface area contributed by atoms with E-state index in [9.17, 15) is 13.6 Å². The maximum absolute atomic E-state index is 13.6. The van der Waals surface area contributed by atoms with E-state index in [4.69, 9.17) is 9.47 Å². The molecule has 0 fully saturated rings. The molecule has 158 valence electrons. The average Bonchev–Trinajstić information content (AvgIpc) is 3.10. The Labute approximate surface area is 176 Å². The first-order valence-corrected chi connectivity index (χ1v) is 9.94. The Balaban J connectivity index is 1.59. The third kappa shape index (κ3) is 5.07. The van der Waals surface area contributed by atoms with Gasteiger partial charge in [-0.1, -0.05) is 17.8 Å². The predicted octanol–water partition coefficient (Wildman–Crippen LogP) is 3.97. The second kappa shape index (κ2) is 9.57. The maximum Gasteiger partial charge on any atom is 0.235 e. The fourth-order valence-electron chi connectivity index (χ4n) is 2.64. The molecule has 2 aromatic carbocycles. The van der Waals surface area contributed by atoms with Crippen molar-refractivity contribution < 1.29 is 23.0 Å². The van der Waals surface area contributed by atoms with E-state index in [2.05, 4.69) is 15.5 Å². The van der Waals surface area contributed by atoms with E-state index in [0.717, 1.165) is 29.6 Å². The van der Waals surface area contributed by atoms with Gasteiger partial charge in [0.25, 0.3) is 0 Å². The van der Waals surface area contributed by atoms with Crippen molar-refractivity contribution in [1.29, 1.82) is 0 Å². The number of halogens is 2. The number of hydrogen-bond acceptors (Lipinski definition) is 6. The number of thioether (sulfide) groups is 1. The molecule has 1 aromatic heterocycles. The fraction of sp³-hybridized carbons (Fsp3) is 0.250. The van der Waals surface area contributed by atoms with Crippen LogP contribution >= 0.6 is 11.8 Å². The van der Waals surface area contributed by atoms with E-state index >= 15 is 0 Å². The highest BCUT2D eigenvalue weighted by molar-refractivity contribution is 7.99. The molecule has 30 heavy (non-hydrogen) atoms. The fourth-order valence-corrected chi connectivity index (χ4v) is 3.36. The highest BCUT2D eigenvalue weighted by Gasteiger charge is 2.19. The minimum Gasteiger partial charge on any atom is -0.497 e. The maximum atomic E-state index is 13.6. The molecule has 1 unspecified atom stereocenters. The number of benzene rings is 2. The van der Waals surface area contributed by atoms with Crippen molar-refractivity contribution in [2.75, 3.05) is 18.2 Å². The second-order valence-electron chi connectivity index (χ2n) is 6.27. The molecule has 0 aliphatic heterocycles. The zero-order chi connectivity index (χ0) is 21.7. The molecule has 3 aromatic rings. The topological polar surface area (TPSA) is 78.3 Å². The first-order chi connectivity index (χ1) is 14.4. The van der Waals surface area contributed by atoms with Gasteiger partial charge in [0.15, 0.2) is 17.1 Å². The molecule has 0 saturated carbocycles. The number of anilines is 1. The summed E-state index contributed by atoms with van der Waals surface area (Å²) >= 11 is 1.10. The number of ether oxygens (including phenoxy) is 2. The van der Waals surface area contributed by atoms with Gasteiger partial charge in [-0.05, 0) is 43.3 Å². The molecule has 0 bridgehead atoms. The normalized spacial score (nSPS) is 11.8. The van der Waals surface area contributed by atoms with Crippen LogP contribution in [0.1, 0.15) is 18.9 Å². The Kier molecular flexibility index (Phi) is 6.88. The van der Waals surface area contributed by atoms with Crippen LogP contribution in [-0.4, -0.2) is 33.5 Å². The molecular formula is C20H20F2N4O3S. The molecular weight excluding hydrogens is 414 g/mol. The molecule has 0 aliphatic carbocycles. The number of carbonyl (C=O) groups excluding carboxylic acids is 1. The Morgan fingerprint density at radius 1 is 1.13 bits per heavy atom. The molecule has 3 rings (SSSR count). The summed E-state index contributed by atoms with van der Waals surface area (Å²) in [6.45, 7) is 1.83. The van der Waals surface area contributed by atoms with Crippen LogP contribution in [0.2, 0.25) is 0 Å². The zero-order valence-electron chi connectivity index (χ0n) is 16.6. The summed E-state index contributed by atoms with van der Waals surface area (Å²) in [7, 11) is 3.34. The minimum atomic E-state index is -0.834. The molecule has 0 saturated heterocycles. The van der Waals surface area contributed by atoms with Crippen LogP contribution < -0.4 is 14.8 Å². The van der Waals surface area contributed by atoms with Crippen molar-refractivity contribution in [3.63, 3.8) is 0 Å². The molecule has 1 atom stereocenters. The van der Waals surface area contributed by atoms with Crippen molar-refractivity contribution in [2.45, 2.75) is 18.2 Å². The van der Waals surface area contributed by atoms with Crippen molar-refractivity contribution in [3.8, 4) is 11.5 Å². The van der Waals surface area contributed by atoms with Gasteiger partial charge in [0.1, 0.15) is 28.8 Å². The van der Waals surface area contributed by atoms with Crippen LogP contribution in [0.15, 0.2) is 47.6 Å². The largest absolute Gasteiger partial charge is 0.497 e. The Morgan fingerprint density at radius 3 is 2.40 bits per heavy atom. The third-order valence-electron chi connectivity index (χ3n) is 4.16. The van der Waals surface area contributed by atoms with E-state index in [-0.39, 0.29) is 5.75 Å². The van der Waals surface area contributed by atoms with Gasteiger partial charge < -0.3 is 19.4 Å². The Hall–Kier alpha value is -3.14. The Bertz CT molecular complexity index is 1010. The number of methoxy groups -OCH3 is 1. The molecule has 0 spiro atoms. The van der Waals surface area contributed by atoms with Gasteiger partial charge in [0, 0.05) is 7.05 Å². The van der Waals surface area contributed by atoms with Gasteiger partial charge in [-0.15, -0.1) is 10.2 Å². The van der Waals surface area contributed by atoms with E-state index in [1.807, 2.05) is 6.92 Å². The monoisotopic (exact) mass is 434 g/mol. The van der Waals surface area contributed by atoms with Crippen molar-refractivity contribution in [1.82, 2.24) is 14.8 Å². The molecule has 0 radical (unpaired) electrons. The van der Waals surface area contributed by atoms with Crippen LogP contribution in [-0.2, 0) is 11.8 Å². The summed E-state index contributed by atoms with van der Waals surface area (Å²) in [6, 6.07) is 10.5.